The zero-order valence-electron chi connectivity index (χ0n) is 10.8. The lowest BCUT2D eigenvalue weighted by Crippen LogP contribution is -2.32. The number of nitrogens with zero attached hydrogens (tertiary/aromatic N) is 1. The molecule has 0 saturated carbocycles. The minimum Gasteiger partial charge on any atom is -0.480 e. The van der Waals surface area contributed by atoms with E-state index in [1.807, 2.05) is 0 Å². The van der Waals surface area contributed by atoms with Crippen molar-refractivity contribution in [3.63, 3.8) is 0 Å². The summed E-state index contributed by atoms with van der Waals surface area (Å²) in [5.74, 6) is 0.291. The van der Waals surface area contributed by atoms with Gasteiger partial charge in [-0.15, -0.1) is 0 Å². The van der Waals surface area contributed by atoms with Crippen molar-refractivity contribution in [1.82, 2.24) is 4.90 Å². The molecule has 0 radical (unpaired) electrons. The van der Waals surface area contributed by atoms with Crippen LogP contribution in [0.25, 0.3) is 0 Å². The van der Waals surface area contributed by atoms with Crippen LogP contribution in [0.5, 0.6) is 5.75 Å². The summed E-state index contributed by atoms with van der Waals surface area (Å²) in [5.41, 5.74) is 6.17. The maximum absolute atomic E-state index is 11.8. The number of rotatable bonds is 6. The Bertz CT molecular complexity index is 390. The molecule has 1 rings (SSSR count). The Labute approximate surface area is 113 Å². The van der Waals surface area contributed by atoms with Gasteiger partial charge in [0.05, 0.1) is 10.7 Å². The van der Waals surface area contributed by atoms with Crippen molar-refractivity contribution in [2.75, 3.05) is 25.9 Å². The molecular formula is C13H19ClN2O2. The first kappa shape index (κ1) is 14.6. The molecule has 100 valence electrons. The molecule has 1 amide bonds. The first-order chi connectivity index (χ1) is 8.56. The van der Waals surface area contributed by atoms with Crippen LogP contribution in [0.1, 0.15) is 19.8 Å². The van der Waals surface area contributed by atoms with E-state index >= 15 is 0 Å². The molecule has 4 nitrogen and oxygen atoms in total. The summed E-state index contributed by atoms with van der Waals surface area (Å²) in [5, 5.41) is 0.416. The molecule has 18 heavy (non-hydrogen) atoms. The predicted molar refractivity (Wildman–Crippen MR) is 73.9 cm³/mol. The van der Waals surface area contributed by atoms with Crippen LogP contribution in [0.15, 0.2) is 18.2 Å². The number of hydrogen-bond acceptors (Lipinski definition) is 3. The molecule has 0 aliphatic carbocycles. The van der Waals surface area contributed by atoms with Gasteiger partial charge in [0.2, 0.25) is 0 Å². The van der Waals surface area contributed by atoms with Gasteiger partial charge in [-0.05, 0) is 18.6 Å². The Balaban J connectivity index is 2.52. The summed E-state index contributed by atoms with van der Waals surface area (Å²) in [6.07, 6.45) is 2.03. The van der Waals surface area contributed by atoms with E-state index in [-0.39, 0.29) is 12.5 Å². The summed E-state index contributed by atoms with van der Waals surface area (Å²) in [4.78, 5) is 13.4. The third-order valence-corrected chi connectivity index (χ3v) is 2.91. The van der Waals surface area contributed by atoms with Crippen LogP contribution in [0.3, 0.4) is 0 Å². The second-order valence-corrected chi connectivity index (χ2v) is 4.52. The van der Waals surface area contributed by atoms with Crippen molar-refractivity contribution in [3.8, 4) is 5.75 Å². The second kappa shape index (κ2) is 7.11. The molecule has 1 aromatic carbocycles. The van der Waals surface area contributed by atoms with E-state index in [4.69, 9.17) is 22.1 Å². The summed E-state index contributed by atoms with van der Waals surface area (Å²) >= 11 is 5.95. The number of halogens is 1. The number of amides is 1. The monoisotopic (exact) mass is 270 g/mol. The molecule has 0 bridgehead atoms. The molecule has 0 aromatic heterocycles. The van der Waals surface area contributed by atoms with E-state index in [0.717, 1.165) is 19.4 Å². The van der Waals surface area contributed by atoms with Crippen LogP contribution < -0.4 is 10.5 Å². The highest BCUT2D eigenvalue weighted by Crippen LogP contribution is 2.30. The lowest BCUT2D eigenvalue weighted by atomic mass is 10.3. The Morgan fingerprint density at radius 2 is 2.22 bits per heavy atom. The van der Waals surface area contributed by atoms with Crippen LogP contribution >= 0.6 is 11.6 Å². The smallest absolute Gasteiger partial charge is 0.260 e. The molecule has 0 heterocycles. The molecule has 0 saturated heterocycles. The fourth-order valence-electron chi connectivity index (χ4n) is 1.44. The van der Waals surface area contributed by atoms with Crippen molar-refractivity contribution >= 4 is 23.2 Å². The van der Waals surface area contributed by atoms with E-state index in [9.17, 15) is 4.79 Å². The van der Waals surface area contributed by atoms with Gasteiger partial charge >= 0.3 is 0 Å². The number of ether oxygens (including phenoxy) is 1. The van der Waals surface area contributed by atoms with E-state index in [1.165, 1.54) is 0 Å². The van der Waals surface area contributed by atoms with E-state index in [0.29, 0.717) is 16.5 Å². The maximum atomic E-state index is 11.8. The van der Waals surface area contributed by atoms with Gasteiger partial charge in [-0.3, -0.25) is 4.79 Å². The molecule has 0 fully saturated rings. The van der Waals surface area contributed by atoms with Gasteiger partial charge < -0.3 is 15.4 Å². The number of anilines is 1. The zero-order valence-corrected chi connectivity index (χ0v) is 11.5. The topological polar surface area (TPSA) is 55.6 Å². The highest BCUT2D eigenvalue weighted by Gasteiger charge is 2.11. The van der Waals surface area contributed by atoms with Crippen LogP contribution in [-0.2, 0) is 4.79 Å². The van der Waals surface area contributed by atoms with Crippen molar-refractivity contribution < 1.29 is 9.53 Å². The average molecular weight is 271 g/mol. The van der Waals surface area contributed by atoms with Gasteiger partial charge in [0.15, 0.2) is 12.4 Å². The number of para-hydroxylation sites is 1. The Kier molecular flexibility index (Phi) is 5.78. The largest absolute Gasteiger partial charge is 0.480 e. The molecule has 0 unspecified atom stereocenters. The standard InChI is InChI=1S/C13H19ClN2O2/c1-3-4-8-16(2)12(17)9-18-13-10(14)6-5-7-11(13)15/h5-7H,3-4,8-9,15H2,1-2H3. The zero-order chi connectivity index (χ0) is 13.5. The van der Waals surface area contributed by atoms with Crippen molar-refractivity contribution in [3.05, 3.63) is 23.2 Å². The molecular weight excluding hydrogens is 252 g/mol. The number of unbranched alkanes of at least 4 members (excludes halogenated alkanes) is 1. The fraction of sp³-hybridized carbons (Fsp3) is 0.462. The SMILES string of the molecule is CCCCN(C)C(=O)COc1c(N)cccc1Cl. The van der Waals surface area contributed by atoms with Crippen molar-refractivity contribution in [2.24, 2.45) is 0 Å². The Morgan fingerprint density at radius 1 is 1.50 bits per heavy atom. The first-order valence-corrected chi connectivity index (χ1v) is 6.34. The quantitative estimate of drug-likeness (QED) is 0.809. The van der Waals surface area contributed by atoms with Gasteiger partial charge in [-0.25, -0.2) is 0 Å². The minimum absolute atomic E-state index is 0.0475. The third-order valence-electron chi connectivity index (χ3n) is 2.61. The lowest BCUT2D eigenvalue weighted by molar-refractivity contribution is -0.132. The normalized spacial score (nSPS) is 10.2. The maximum Gasteiger partial charge on any atom is 0.260 e. The van der Waals surface area contributed by atoms with Gasteiger partial charge in [0, 0.05) is 13.6 Å². The molecule has 0 aliphatic rings. The van der Waals surface area contributed by atoms with Crippen LogP contribution in [0, 0.1) is 0 Å². The predicted octanol–water partition coefficient (Wildman–Crippen LogP) is 2.56. The second-order valence-electron chi connectivity index (χ2n) is 4.12. The number of nitrogen functional groups attached to an aromatic ring is 1. The van der Waals surface area contributed by atoms with Gasteiger partial charge in [0.1, 0.15) is 0 Å². The third kappa shape index (κ3) is 4.11. The van der Waals surface area contributed by atoms with E-state index in [1.54, 1.807) is 30.1 Å². The van der Waals surface area contributed by atoms with Gasteiger partial charge in [-0.1, -0.05) is 31.0 Å². The molecule has 2 N–H and O–H groups in total. The lowest BCUT2D eigenvalue weighted by Gasteiger charge is -2.17. The number of likely N-dealkylation sites (N-methyl/N-ethyl adjacent to an activating group) is 1. The minimum atomic E-state index is -0.0808. The highest BCUT2D eigenvalue weighted by atomic mass is 35.5. The summed E-state index contributed by atoms with van der Waals surface area (Å²) in [6.45, 7) is 2.77. The first-order valence-electron chi connectivity index (χ1n) is 5.97. The highest BCUT2D eigenvalue weighted by molar-refractivity contribution is 6.32. The molecule has 5 heteroatoms. The van der Waals surface area contributed by atoms with Crippen LogP contribution in [0.4, 0.5) is 5.69 Å². The summed E-state index contributed by atoms with van der Waals surface area (Å²) < 4.78 is 5.38. The fourth-order valence-corrected chi connectivity index (χ4v) is 1.68. The molecule has 1 aromatic rings. The van der Waals surface area contributed by atoms with E-state index in [2.05, 4.69) is 6.92 Å². The number of carbonyl (C=O) groups is 1. The molecule has 0 spiro atoms. The van der Waals surface area contributed by atoms with Crippen LogP contribution in [-0.4, -0.2) is 31.0 Å². The summed E-state index contributed by atoms with van der Waals surface area (Å²) in [7, 11) is 1.76. The number of hydrogen-bond donors (Lipinski definition) is 1. The van der Waals surface area contributed by atoms with Crippen molar-refractivity contribution in [2.45, 2.75) is 19.8 Å². The number of nitrogens with two attached hydrogens (primary N) is 1. The van der Waals surface area contributed by atoms with Crippen molar-refractivity contribution in [1.29, 1.82) is 0 Å². The number of benzene rings is 1. The Hall–Kier alpha value is -1.42. The van der Waals surface area contributed by atoms with Crippen LogP contribution in [0.2, 0.25) is 5.02 Å². The average Bonchev–Trinajstić information content (AvgIpc) is 2.35. The Morgan fingerprint density at radius 3 is 2.83 bits per heavy atom. The molecule has 0 aliphatic heterocycles. The number of carbonyl (C=O) groups excluding carboxylic acids is 1. The summed E-state index contributed by atoms with van der Waals surface area (Å²) in [6, 6.07) is 5.10. The van der Waals surface area contributed by atoms with Gasteiger partial charge in [0.25, 0.3) is 5.91 Å². The van der Waals surface area contributed by atoms with Gasteiger partial charge in [-0.2, -0.15) is 0 Å². The molecule has 0 atom stereocenters. The van der Waals surface area contributed by atoms with E-state index < -0.39 is 0 Å².